The molecule has 1 aromatic carbocycles. The van der Waals surface area contributed by atoms with Crippen LogP contribution in [0.4, 0.5) is 5.95 Å². The molecule has 2 rings (SSSR count). The van der Waals surface area contributed by atoms with Crippen LogP contribution in [0.25, 0.3) is 11.3 Å². The van der Waals surface area contributed by atoms with Crippen LogP contribution in [0.15, 0.2) is 36.5 Å². The third-order valence-electron chi connectivity index (χ3n) is 1.87. The lowest BCUT2D eigenvalue weighted by Crippen LogP contribution is -3.00. The molecule has 2 N–H and O–H groups in total. The minimum atomic E-state index is 0. The summed E-state index contributed by atoms with van der Waals surface area (Å²) in [7, 11) is 1.82. The van der Waals surface area contributed by atoms with Gasteiger partial charge in [0.1, 0.15) is 5.69 Å². The molecule has 0 aliphatic carbocycles. The molecule has 5 heteroatoms. The number of nitrogens with two attached hydrogens (primary N) is 1. The molecule has 1 aromatic heterocycles. The summed E-state index contributed by atoms with van der Waals surface area (Å²) >= 11 is 0. The van der Waals surface area contributed by atoms with Crippen molar-refractivity contribution in [2.24, 2.45) is 7.05 Å². The summed E-state index contributed by atoms with van der Waals surface area (Å²) in [5.41, 5.74) is 7.43. The molecule has 1 heterocycles. The van der Waals surface area contributed by atoms with Crippen molar-refractivity contribution < 1.29 is 28.7 Å². The van der Waals surface area contributed by atoms with Crippen LogP contribution < -0.4 is 34.4 Å². The number of anilines is 1. The Kier molecular flexibility index (Phi) is 3.96. The largest absolute Gasteiger partial charge is 1.00 e. The zero-order valence-electron chi connectivity index (χ0n) is 8.26. The highest BCUT2D eigenvalue weighted by Crippen LogP contribution is 2.13. The molecule has 2 aromatic rings. The van der Waals surface area contributed by atoms with Crippen molar-refractivity contribution in [1.82, 2.24) is 10.1 Å². The molecular weight excluding hydrogens is 303 g/mol. The molecule has 0 radical (unpaired) electrons. The summed E-state index contributed by atoms with van der Waals surface area (Å²) in [6, 6.07) is 9.87. The molecule has 0 unspecified atom stereocenters. The van der Waals surface area contributed by atoms with E-state index in [1.807, 2.05) is 43.6 Å². The van der Waals surface area contributed by atoms with Crippen molar-refractivity contribution >= 4 is 5.95 Å². The van der Waals surface area contributed by atoms with E-state index in [1.54, 1.807) is 4.68 Å². The molecule has 0 saturated carbocycles. The van der Waals surface area contributed by atoms with Crippen molar-refractivity contribution in [3.63, 3.8) is 0 Å². The standard InChI is InChI=1S/C10H11N4.HI/c1-14-7-9(12-10(11)13-14)8-5-3-2-4-6-8;/h2-7H,1H3,(H2,11,12,13);1H/q+1;/p-1. The number of benzene rings is 1. The molecule has 0 saturated heterocycles. The van der Waals surface area contributed by atoms with E-state index >= 15 is 0 Å². The van der Waals surface area contributed by atoms with Crippen LogP contribution in [0.5, 0.6) is 0 Å². The Morgan fingerprint density at radius 2 is 1.87 bits per heavy atom. The van der Waals surface area contributed by atoms with Gasteiger partial charge in [0.05, 0.1) is 0 Å². The summed E-state index contributed by atoms with van der Waals surface area (Å²) in [4.78, 5) is 4.15. The zero-order valence-corrected chi connectivity index (χ0v) is 10.4. The van der Waals surface area contributed by atoms with Gasteiger partial charge < -0.3 is 29.7 Å². The second-order valence-corrected chi connectivity index (χ2v) is 3.02. The maximum absolute atomic E-state index is 5.55. The van der Waals surface area contributed by atoms with Gasteiger partial charge in [-0.2, -0.15) is 0 Å². The van der Waals surface area contributed by atoms with Gasteiger partial charge >= 0.3 is 0 Å². The number of rotatable bonds is 1. The van der Waals surface area contributed by atoms with Gasteiger partial charge in [-0.1, -0.05) is 35.0 Å². The molecule has 4 nitrogen and oxygen atoms in total. The smallest absolute Gasteiger partial charge is 0.286 e. The van der Waals surface area contributed by atoms with Gasteiger partial charge in [-0.25, -0.2) is 4.98 Å². The van der Waals surface area contributed by atoms with E-state index in [0.717, 1.165) is 11.3 Å². The number of hydrogen-bond donors (Lipinski definition) is 1. The Bertz CT molecular complexity index is 424. The summed E-state index contributed by atoms with van der Waals surface area (Å²) in [6.45, 7) is 0. The maximum atomic E-state index is 5.55. The second kappa shape index (κ2) is 5.01. The lowest BCUT2D eigenvalue weighted by molar-refractivity contribution is -0.729. The van der Waals surface area contributed by atoms with Gasteiger partial charge in [-0.05, 0) is 0 Å². The normalized spacial score (nSPS) is 9.40. The monoisotopic (exact) mass is 314 g/mol. The number of nitrogen functional groups attached to an aromatic ring is 1. The first kappa shape index (κ1) is 11.8. The van der Waals surface area contributed by atoms with Crippen LogP contribution >= 0.6 is 0 Å². The van der Waals surface area contributed by atoms with E-state index in [-0.39, 0.29) is 29.9 Å². The topological polar surface area (TPSA) is 55.7 Å². The van der Waals surface area contributed by atoms with Crippen LogP contribution in [-0.2, 0) is 7.05 Å². The number of halogens is 1. The van der Waals surface area contributed by atoms with E-state index < -0.39 is 0 Å². The highest BCUT2D eigenvalue weighted by atomic mass is 127. The zero-order chi connectivity index (χ0) is 9.97. The Morgan fingerprint density at radius 1 is 1.20 bits per heavy atom. The molecule has 15 heavy (non-hydrogen) atoms. The Labute approximate surface area is 105 Å². The van der Waals surface area contributed by atoms with Crippen LogP contribution in [0.2, 0.25) is 0 Å². The fourth-order valence-electron chi connectivity index (χ4n) is 1.29. The molecule has 0 spiro atoms. The fraction of sp³-hybridized carbons (Fsp3) is 0.100. The summed E-state index contributed by atoms with van der Waals surface area (Å²) in [5, 5.41) is 3.94. The van der Waals surface area contributed by atoms with Gasteiger partial charge in [0.15, 0.2) is 7.05 Å². The van der Waals surface area contributed by atoms with Gasteiger partial charge in [0.25, 0.3) is 5.95 Å². The average Bonchev–Trinajstić information content (AvgIpc) is 2.18. The van der Waals surface area contributed by atoms with Crippen molar-refractivity contribution in [3.8, 4) is 11.3 Å². The van der Waals surface area contributed by atoms with Gasteiger partial charge in [-0.15, -0.1) is 0 Å². The number of nitrogens with zero attached hydrogens (tertiary/aromatic N) is 3. The van der Waals surface area contributed by atoms with Crippen molar-refractivity contribution in [2.45, 2.75) is 0 Å². The molecule has 0 fully saturated rings. The molecular formula is C10H11IN4. The van der Waals surface area contributed by atoms with Gasteiger partial charge in [-0.3, -0.25) is 0 Å². The SMILES string of the molecule is C[n+]1cc(-c2ccccc2)nc(N)n1.[I-]. The lowest BCUT2D eigenvalue weighted by atomic mass is 10.2. The number of aryl methyl sites for hydroxylation is 1. The summed E-state index contributed by atoms with van der Waals surface area (Å²) < 4.78 is 1.66. The first-order valence-corrected chi connectivity index (χ1v) is 4.31. The van der Waals surface area contributed by atoms with E-state index in [1.165, 1.54) is 0 Å². The fourth-order valence-corrected chi connectivity index (χ4v) is 1.29. The average molecular weight is 314 g/mol. The molecule has 0 bridgehead atoms. The summed E-state index contributed by atoms with van der Waals surface area (Å²) in [5.74, 6) is 0.286. The van der Waals surface area contributed by atoms with E-state index in [9.17, 15) is 0 Å². The first-order valence-electron chi connectivity index (χ1n) is 4.31. The van der Waals surface area contributed by atoms with Crippen molar-refractivity contribution in [3.05, 3.63) is 36.5 Å². The van der Waals surface area contributed by atoms with E-state index in [2.05, 4.69) is 10.1 Å². The van der Waals surface area contributed by atoms with Crippen molar-refractivity contribution in [2.75, 3.05) is 5.73 Å². The van der Waals surface area contributed by atoms with Crippen LogP contribution in [0.3, 0.4) is 0 Å². The van der Waals surface area contributed by atoms with Crippen molar-refractivity contribution in [1.29, 1.82) is 0 Å². The highest BCUT2D eigenvalue weighted by molar-refractivity contribution is 5.57. The molecule has 78 valence electrons. The third-order valence-corrected chi connectivity index (χ3v) is 1.87. The molecule has 0 aliphatic heterocycles. The quantitative estimate of drug-likeness (QED) is 0.470. The number of hydrogen-bond acceptors (Lipinski definition) is 3. The van der Waals surface area contributed by atoms with Crippen LogP contribution in [0, 0.1) is 0 Å². The Hall–Kier alpha value is -1.24. The lowest BCUT2D eigenvalue weighted by Gasteiger charge is -1.97. The van der Waals surface area contributed by atoms with Gasteiger partial charge in [0.2, 0.25) is 6.20 Å². The van der Waals surface area contributed by atoms with E-state index in [4.69, 9.17) is 5.73 Å². The molecule has 0 amide bonds. The third kappa shape index (κ3) is 2.85. The Balaban J connectivity index is 0.00000112. The maximum Gasteiger partial charge on any atom is 0.286 e. The predicted octanol–water partition coefficient (Wildman–Crippen LogP) is -2.45. The highest BCUT2D eigenvalue weighted by Gasteiger charge is 2.06. The van der Waals surface area contributed by atoms with Crippen LogP contribution in [-0.4, -0.2) is 10.1 Å². The number of aromatic nitrogens is 3. The predicted molar refractivity (Wildman–Crippen MR) is 53.1 cm³/mol. The van der Waals surface area contributed by atoms with Crippen LogP contribution in [0.1, 0.15) is 0 Å². The Morgan fingerprint density at radius 3 is 2.47 bits per heavy atom. The minimum absolute atomic E-state index is 0. The second-order valence-electron chi connectivity index (χ2n) is 3.02. The van der Waals surface area contributed by atoms with E-state index in [0.29, 0.717) is 0 Å². The first-order chi connectivity index (χ1) is 6.75. The molecule has 0 aliphatic rings. The molecule has 0 atom stereocenters. The van der Waals surface area contributed by atoms with Gasteiger partial charge in [0, 0.05) is 10.7 Å². The minimum Gasteiger partial charge on any atom is -1.00 e. The summed E-state index contributed by atoms with van der Waals surface area (Å²) in [6.07, 6.45) is 1.84.